The molecule has 3 rings (SSSR count). The highest BCUT2D eigenvalue weighted by atomic mass is 35.5. The average molecular weight is 449 g/mol. The highest BCUT2D eigenvalue weighted by molar-refractivity contribution is 7.92. The van der Waals surface area contributed by atoms with Gasteiger partial charge in [-0.3, -0.25) is 4.72 Å². The van der Waals surface area contributed by atoms with Gasteiger partial charge in [0.1, 0.15) is 17.3 Å². The van der Waals surface area contributed by atoms with Crippen LogP contribution < -0.4 is 10.5 Å². The van der Waals surface area contributed by atoms with Crippen molar-refractivity contribution in [1.29, 1.82) is 0 Å². The summed E-state index contributed by atoms with van der Waals surface area (Å²) in [6, 6.07) is 6.17. The van der Waals surface area contributed by atoms with Crippen LogP contribution >= 0.6 is 11.6 Å². The van der Waals surface area contributed by atoms with E-state index in [1.165, 1.54) is 24.4 Å². The smallest absolute Gasteiger partial charge is 0.262 e. The number of hydrogen-bond acceptors (Lipinski definition) is 5. The minimum absolute atomic E-state index is 0.126. The second-order valence-electron chi connectivity index (χ2n) is 6.28. The van der Waals surface area contributed by atoms with Crippen LogP contribution in [0.1, 0.15) is 22.5 Å². The molecule has 3 N–H and O–H groups in total. The number of aryl methyl sites for hydroxylation is 2. The lowest BCUT2D eigenvalue weighted by Crippen LogP contribution is -2.16. The Hall–Kier alpha value is -3.22. The lowest BCUT2D eigenvalue weighted by Gasteiger charge is -2.12. The largest absolute Gasteiger partial charge is 0.382 e. The van der Waals surface area contributed by atoms with Gasteiger partial charge in [0, 0.05) is 5.02 Å². The third-order valence-electron chi connectivity index (χ3n) is 4.08. The molecule has 1 aromatic heterocycles. The van der Waals surface area contributed by atoms with Crippen molar-refractivity contribution in [3.63, 3.8) is 0 Å². The molecule has 0 aliphatic rings. The van der Waals surface area contributed by atoms with E-state index in [2.05, 4.69) is 26.5 Å². The molecule has 0 aliphatic heterocycles. The van der Waals surface area contributed by atoms with Gasteiger partial charge in [0.15, 0.2) is 5.82 Å². The molecule has 0 saturated carbocycles. The van der Waals surface area contributed by atoms with Gasteiger partial charge in [-0.1, -0.05) is 23.6 Å². The molecule has 0 fully saturated rings. The van der Waals surface area contributed by atoms with Crippen molar-refractivity contribution < 1.29 is 17.2 Å². The highest BCUT2D eigenvalue weighted by Crippen LogP contribution is 2.26. The minimum Gasteiger partial charge on any atom is -0.382 e. The van der Waals surface area contributed by atoms with Gasteiger partial charge in [0.25, 0.3) is 10.0 Å². The maximum absolute atomic E-state index is 14.9. The van der Waals surface area contributed by atoms with E-state index in [4.69, 9.17) is 17.3 Å². The number of benzene rings is 2. The molecule has 10 heteroatoms. The maximum atomic E-state index is 14.9. The molecule has 3 aromatic rings. The van der Waals surface area contributed by atoms with Crippen molar-refractivity contribution >= 4 is 33.1 Å². The van der Waals surface area contributed by atoms with Crippen LogP contribution in [0.25, 0.3) is 0 Å². The predicted octanol–water partition coefficient (Wildman–Crippen LogP) is 3.81. The Morgan fingerprint density at radius 3 is 2.57 bits per heavy atom. The first kappa shape index (κ1) is 21.5. The summed E-state index contributed by atoms with van der Waals surface area (Å²) < 4.78 is 56.5. The van der Waals surface area contributed by atoms with Crippen LogP contribution in [0.5, 0.6) is 0 Å². The molecule has 0 bridgehead atoms. The molecule has 6 nitrogen and oxygen atoms in total. The Labute approximate surface area is 177 Å². The molecule has 0 unspecified atom stereocenters. The number of sulfonamides is 1. The minimum atomic E-state index is -4.18. The number of nitrogens with zero attached hydrogens (tertiary/aromatic N) is 2. The molecule has 2 aromatic carbocycles. The normalized spacial score (nSPS) is 11.0. The number of anilines is 2. The van der Waals surface area contributed by atoms with Gasteiger partial charge in [-0.05, 0) is 49.6 Å². The van der Waals surface area contributed by atoms with Crippen LogP contribution in [0.2, 0.25) is 5.02 Å². The second kappa shape index (κ2) is 8.26. The van der Waals surface area contributed by atoms with Crippen LogP contribution in [0.15, 0.2) is 41.4 Å². The van der Waals surface area contributed by atoms with E-state index in [0.29, 0.717) is 11.3 Å². The van der Waals surface area contributed by atoms with E-state index in [9.17, 15) is 17.2 Å². The van der Waals surface area contributed by atoms with Crippen molar-refractivity contribution in [3.05, 3.63) is 75.7 Å². The summed E-state index contributed by atoms with van der Waals surface area (Å²) in [6.07, 6.45) is 1.26. The van der Waals surface area contributed by atoms with Crippen LogP contribution in [0, 0.1) is 37.3 Å². The second-order valence-corrected chi connectivity index (χ2v) is 8.36. The summed E-state index contributed by atoms with van der Waals surface area (Å²) in [6.45, 7) is 3.18. The summed E-state index contributed by atoms with van der Waals surface area (Å²) in [5.74, 6) is 2.92. The Balaban J connectivity index is 2.00. The third kappa shape index (κ3) is 4.50. The number of nitrogens with one attached hydrogen (secondary N) is 1. The first-order valence-electron chi connectivity index (χ1n) is 8.46. The van der Waals surface area contributed by atoms with E-state index in [-0.39, 0.29) is 21.4 Å². The van der Waals surface area contributed by atoms with Crippen LogP contribution in [0.3, 0.4) is 0 Å². The van der Waals surface area contributed by atoms with Crippen molar-refractivity contribution in [2.75, 3.05) is 10.5 Å². The van der Waals surface area contributed by atoms with Gasteiger partial charge in [0.2, 0.25) is 0 Å². The van der Waals surface area contributed by atoms with Crippen LogP contribution in [-0.2, 0) is 10.0 Å². The zero-order valence-electron chi connectivity index (χ0n) is 15.8. The van der Waals surface area contributed by atoms with Gasteiger partial charge < -0.3 is 5.73 Å². The maximum Gasteiger partial charge on any atom is 0.262 e. The number of halogens is 3. The zero-order chi connectivity index (χ0) is 22.1. The molecule has 0 radical (unpaired) electrons. The molecular formula is C20H15ClF2N4O2S. The Bertz CT molecular complexity index is 1320. The van der Waals surface area contributed by atoms with Gasteiger partial charge in [-0.2, -0.15) is 0 Å². The van der Waals surface area contributed by atoms with E-state index in [1.54, 1.807) is 13.8 Å². The lowest BCUT2D eigenvalue weighted by molar-refractivity contribution is 0.577. The van der Waals surface area contributed by atoms with Crippen molar-refractivity contribution in [2.24, 2.45) is 0 Å². The number of nitrogens with two attached hydrogens (primary N) is 1. The van der Waals surface area contributed by atoms with E-state index >= 15 is 0 Å². The molecule has 154 valence electrons. The van der Waals surface area contributed by atoms with Crippen LogP contribution in [0.4, 0.5) is 20.3 Å². The number of nitrogen functional groups attached to an aromatic ring is 1. The number of rotatable bonds is 3. The fourth-order valence-electron chi connectivity index (χ4n) is 2.49. The molecular weight excluding hydrogens is 434 g/mol. The van der Waals surface area contributed by atoms with E-state index in [0.717, 1.165) is 12.1 Å². The van der Waals surface area contributed by atoms with Crippen molar-refractivity contribution in [2.45, 2.75) is 18.7 Å². The SMILES string of the molecule is Cc1ccc(Cl)cc1S(=O)(=O)Nc1ccc(F)c(C#Cc2cnc(N)c(C)n2)c1F. The summed E-state index contributed by atoms with van der Waals surface area (Å²) >= 11 is 5.87. The molecule has 30 heavy (non-hydrogen) atoms. The van der Waals surface area contributed by atoms with Gasteiger partial charge in [-0.25, -0.2) is 27.2 Å². The molecule has 0 amide bonds. The molecule has 1 heterocycles. The number of aromatic nitrogens is 2. The Kier molecular flexibility index (Phi) is 5.92. The van der Waals surface area contributed by atoms with Crippen molar-refractivity contribution in [3.8, 4) is 11.8 Å². The molecule has 0 atom stereocenters. The topological polar surface area (TPSA) is 98.0 Å². The highest BCUT2D eigenvalue weighted by Gasteiger charge is 2.21. The molecule has 0 aliphatic carbocycles. The standard InChI is InChI=1S/C20H15ClF2N4O2S/c1-11-3-4-13(21)9-18(11)30(28,29)27-17-8-7-16(22)15(19(17)23)6-5-14-10-25-20(24)12(2)26-14/h3-4,7-10,27H,1-2H3,(H2,24,25). The predicted molar refractivity (Wildman–Crippen MR) is 111 cm³/mol. The Morgan fingerprint density at radius 1 is 1.13 bits per heavy atom. The summed E-state index contributed by atoms with van der Waals surface area (Å²) in [5, 5.41) is 0.201. The van der Waals surface area contributed by atoms with E-state index in [1.807, 2.05) is 0 Å². The fraction of sp³-hybridized carbons (Fsp3) is 0.100. The van der Waals surface area contributed by atoms with Crippen LogP contribution in [-0.4, -0.2) is 18.4 Å². The van der Waals surface area contributed by atoms with Gasteiger partial charge >= 0.3 is 0 Å². The fourth-order valence-corrected chi connectivity index (χ4v) is 4.05. The Morgan fingerprint density at radius 2 is 1.87 bits per heavy atom. The molecule has 0 spiro atoms. The van der Waals surface area contributed by atoms with Gasteiger partial charge in [-0.15, -0.1) is 0 Å². The quantitative estimate of drug-likeness (QED) is 0.594. The third-order valence-corrected chi connectivity index (χ3v) is 5.82. The average Bonchev–Trinajstić information content (AvgIpc) is 2.68. The molecule has 0 saturated heterocycles. The monoisotopic (exact) mass is 448 g/mol. The lowest BCUT2D eigenvalue weighted by atomic mass is 10.1. The summed E-state index contributed by atoms with van der Waals surface area (Å²) in [5.41, 5.74) is 5.48. The van der Waals surface area contributed by atoms with Crippen molar-refractivity contribution in [1.82, 2.24) is 9.97 Å². The first-order valence-corrected chi connectivity index (χ1v) is 10.3. The first-order chi connectivity index (χ1) is 14.1. The summed E-state index contributed by atoms with van der Waals surface area (Å²) in [7, 11) is -4.18. The van der Waals surface area contributed by atoms with Gasteiger partial charge in [0.05, 0.1) is 28.0 Å². The number of hydrogen-bond donors (Lipinski definition) is 2. The summed E-state index contributed by atoms with van der Waals surface area (Å²) in [4.78, 5) is 7.80. The van der Waals surface area contributed by atoms with E-state index < -0.39 is 32.9 Å². The zero-order valence-corrected chi connectivity index (χ0v) is 17.4.